The zero-order valence-corrected chi connectivity index (χ0v) is 16.1. The molecule has 0 bridgehead atoms. The van der Waals surface area contributed by atoms with E-state index in [9.17, 15) is 0 Å². The summed E-state index contributed by atoms with van der Waals surface area (Å²) in [6.07, 6.45) is 1.97. The Balaban J connectivity index is 1.80. The Kier molecular flexibility index (Phi) is 5.01. The van der Waals surface area contributed by atoms with E-state index in [1.807, 2.05) is 43.5 Å². The standard InChI is InChI=1S/C21H27N5O/c1-3-27-19-7-5-4-6-17(19)21-18(15-25-12-10-24(2)11-13-25)26-14-16(22)8-9-20(26)23-21/h4-9,14H,3,10-13,15,22H2,1-2H3. The maximum atomic E-state index is 6.08. The Morgan fingerprint density at radius 3 is 2.63 bits per heavy atom. The van der Waals surface area contributed by atoms with Gasteiger partial charge in [-0.05, 0) is 38.2 Å². The molecule has 142 valence electrons. The molecule has 0 atom stereocenters. The lowest BCUT2D eigenvalue weighted by Gasteiger charge is -2.32. The van der Waals surface area contributed by atoms with E-state index >= 15 is 0 Å². The highest BCUT2D eigenvalue weighted by Gasteiger charge is 2.21. The first-order valence-corrected chi connectivity index (χ1v) is 9.55. The second-order valence-corrected chi connectivity index (χ2v) is 7.11. The molecule has 1 saturated heterocycles. The van der Waals surface area contributed by atoms with Gasteiger partial charge in [0.2, 0.25) is 0 Å². The summed E-state index contributed by atoms with van der Waals surface area (Å²) in [7, 11) is 2.18. The summed E-state index contributed by atoms with van der Waals surface area (Å²) in [5.41, 5.74) is 10.9. The van der Waals surface area contributed by atoms with Crippen molar-refractivity contribution in [1.82, 2.24) is 19.2 Å². The minimum atomic E-state index is 0.630. The van der Waals surface area contributed by atoms with Gasteiger partial charge in [-0.25, -0.2) is 4.98 Å². The molecule has 3 heterocycles. The molecular weight excluding hydrogens is 338 g/mol. The van der Waals surface area contributed by atoms with Gasteiger partial charge in [-0.2, -0.15) is 0 Å². The number of rotatable bonds is 5. The normalized spacial score (nSPS) is 16.1. The monoisotopic (exact) mass is 365 g/mol. The summed E-state index contributed by atoms with van der Waals surface area (Å²) >= 11 is 0. The van der Waals surface area contributed by atoms with Crippen molar-refractivity contribution < 1.29 is 4.74 Å². The van der Waals surface area contributed by atoms with Crippen LogP contribution in [0.5, 0.6) is 5.75 Å². The fraction of sp³-hybridized carbons (Fsp3) is 0.381. The molecule has 6 heteroatoms. The van der Waals surface area contributed by atoms with Crippen LogP contribution in [0.15, 0.2) is 42.6 Å². The number of imidazole rings is 1. The molecule has 0 spiro atoms. The van der Waals surface area contributed by atoms with Crippen LogP contribution in [0.4, 0.5) is 5.69 Å². The van der Waals surface area contributed by atoms with E-state index in [2.05, 4.69) is 27.3 Å². The van der Waals surface area contributed by atoms with E-state index in [-0.39, 0.29) is 0 Å². The molecule has 0 unspecified atom stereocenters. The number of likely N-dealkylation sites (N-methyl/N-ethyl adjacent to an activating group) is 1. The molecule has 0 saturated carbocycles. The van der Waals surface area contributed by atoms with Gasteiger partial charge in [-0.1, -0.05) is 12.1 Å². The van der Waals surface area contributed by atoms with Crippen molar-refractivity contribution in [2.24, 2.45) is 0 Å². The number of para-hydroxylation sites is 1. The second kappa shape index (κ2) is 7.58. The minimum Gasteiger partial charge on any atom is -0.493 e. The molecule has 0 aliphatic carbocycles. The molecule has 6 nitrogen and oxygen atoms in total. The molecule has 0 radical (unpaired) electrons. The number of hydrogen-bond donors (Lipinski definition) is 1. The minimum absolute atomic E-state index is 0.630. The average molecular weight is 365 g/mol. The number of pyridine rings is 1. The Morgan fingerprint density at radius 2 is 1.85 bits per heavy atom. The molecule has 2 aromatic heterocycles. The number of benzene rings is 1. The Hall–Kier alpha value is -2.57. The number of nitrogen functional groups attached to an aromatic ring is 1. The molecule has 27 heavy (non-hydrogen) atoms. The van der Waals surface area contributed by atoms with Crippen LogP contribution in [0.1, 0.15) is 12.6 Å². The van der Waals surface area contributed by atoms with Crippen molar-refractivity contribution >= 4 is 11.3 Å². The molecule has 1 fully saturated rings. The smallest absolute Gasteiger partial charge is 0.137 e. The average Bonchev–Trinajstić information content (AvgIpc) is 3.02. The Labute approximate surface area is 160 Å². The van der Waals surface area contributed by atoms with Gasteiger partial charge >= 0.3 is 0 Å². The van der Waals surface area contributed by atoms with Crippen LogP contribution in [0.2, 0.25) is 0 Å². The highest BCUT2D eigenvalue weighted by atomic mass is 16.5. The number of anilines is 1. The summed E-state index contributed by atoms with van der Waals surface area (Å²) in [6, 6.07) is 12.0. The van der Waals surface area contributed by atoms with Gasteiger partial charge in [-0.3, -0.25) is 4.90 Å². The maximum Gasteiger partial charge on any atom is 0.137 e. The molecule has 1 aliphatic heterocycles. The topological polar surface area (TPSA) is 59.0 Å². The number of aromatic nitrogens is 2. The van der Waals surface area contributed by atoms with Crippen LogP contribution in [0, 0.1) is 0 Å². The lowest BCUT2D eigenvalue weighted by atomic mass is 10.1. The van der Waals surface area contributed by atoms with Crippen LogP contribution >= 0.6 is 0 Å². The van der Waals surface area contributed by atoms with Gasteiger partial charge in [0.25, 0.3) is 0 Å². The first-order chi connectivity index (χ1) is 13.2. The Morgan fingerprint density at radius 1 is 1.07 bits per heavy atom. The van der Waals surface area contributed by atoms with E-state index < -0.39 is 0 Å². The largest absolute Gasteiger partial charge is 0.493 e. The van der Waals surface area contributed by atoms with E-state index in [0.717, 1.165) is 66.8 Å². The van der Waals surface area contributed by atoms with E-state index in [4.69, 9.17) is 15.5 Å². The first kappa shape index (κ1) is 17.8. The number of hydrogen-bond acceptors (Lipinski definition) is 5. The zero-order valence-electron chi connectivity index (χ0n) is 16.1. The lowest BCUT2D eigenvalue weighted by molar-refractivity contribution is 0.147. The predicted octanol–water partition coefficient (Wildman–Crippen LogP) is 2.73. The first-order valence-electron chi connectivity index (χ1n) is 9.55. The van der Waals surface area contributed by atoms with Crippen molar-refractivity contribution in [3.63, 3.8) is 0 Å². The third-order valence-corrected chi connectivity index (χ3v) is 5.15. The number of nitrogens with two attached hydrogens (primary N) is 1. The third kappa shape index (κ3) is 3.63. The molecular formula is C21H27N5O. The van der Waals surface area contributed by atoms with Crippen molar-refractivity contribution in [3.8, 4) is 17.0 Å². The van der Waals surface area contributed by atoms with Crippen molar-refractivity contribution in [2.45, 2.75) is 13.5 Å². The summed E-state index contributed by atoms with van der Waals surface area (Å²) in [5, 5.41) is 0. The molecule has 4 rings (SSSR count). The molecule has 3 aromatic rings. The number of ether oxygens (including phenoxy) is 1. The van der Waals surface area contributed by atoms with Crippen LogP contribution in [0.3, 0.4) is 0 Å². The van der Waals surface area contributed by atoms with Crippen LogP contribution in [-0.2, 0) is 6.54 Å². The van der Waals surface area contributed by atoms with Crippen molar-refractivity contribution in [3.05, 3.63) is 48.3 Å². The number of fused-ring (bicyclic) bond motifs is 1. The third-order valence-electron chi connectivity index (χ3n) is 5.15. The maximum absolute atomic E-state index is 6.08. The highest BCUT2D eigenvalue weighted by molar-refractivity contribution is 5.72. The van der Waals surface area contributed by atoms with Gasteiger partial charge in [0.1, 0.15) is 11.4 Å². The van der Waals surface area contributed by atoms with Gasteiger partial charge in [0.05, 0.1) is 18.0 Å². The zero-order chi connectivity index (χ0) is 18.8. The van der Waals surface area contributed by atoms with Crippen molar-refractivity contribution in [1.29, 1.82) is 0 Å². The number of nitrogens with zero attached hydrogens (tertiary/aromatic N) is 4. The van der Waals surface area contributed by atoms with Crippen LogP contribution < -0.4 is 10.5 Å². The quantitative estimate of drug-likeness (QED) is 0.753. The van der Waals surface area contributed by atoms with Crippen molar-refractivity contribution in [2.75, 3.05) is 45.6 Å². The predicted molar refractivity (Wildman–Crippen MR) is 109 cm³/mol. The lowest BCUT2D eigenvalue weighted by Crippen LogP contribution is -2.44. The van der Waals surface area contributed by atoms with E-state index in [1.54, 1.807) is 0 Å². The van der Waals surface area contributed by atoms with E-state index in [0.29, 0.717) is 6.61 Å². The molecule has 1 aromatic carbocycles. The van der Waals surface area contributed by atoms with Crippen LogP contribution in [0.25, 0.3) is 16.9 Å². The summed E-state index contributed by atoms with van der Waals surface area (Å²) in [5.74, 6) is 0.871. The summed E-state index contributed by atoms with van der Waals surface area (Å²) in [6.45, 7) is 7.76. The summed E-state index contributed by atoms with van der Waals surface area (Å²) in [4.78, 5) is 9.79. The molecule has 0 amide bonds. The van der Waals surface area contributed by atoms with Gasteiger partial charge < -0.3 is 19.8 Å². The molecule has 2 N–H and O–H groups in total. The SMILES string of the molecule is CCOc1ccccc1-c1nc2ccc(N)cn2c1CN1CCN(C)CC1. The Bertz CT molecular complexity index is 927. The van der Waals surface area contributed by atoms with Crippen LogP contribution in [-0.4, -0.2) is 59.0 Å². The molecule has 1 aliphatic rings. The van der Waals surface area contributed by atoms with E-state index in [1.165, 1.54) is 0 Å². The van der Waals surface area contributed by atoms with Gasteiger partial charge in [0.15, 0.2) is 0 Å². The fourth-order valence-electron chi connectivity index (χ4n) is 3.64. The second-order valence-electron chi connectivity index (χ2n) is 7.11. The fourth-order valence-corrected chi connectivity index (χ4v) is 3.64. The van der Waals surface area contributed by atoms with Gasteiger partial charge in [0, 0.05) is 50.2 Å². The van der Waals surface area contributed by atoms with Gasteiger partial charge in [-0.15, -0.1) is 0 Å². The number of piperazine rings is 1. The summed E-state index contributed by atoms with van der Waals surface area (Å²) < 4.78 is 8.01. The highest BCUT2D eigenvalue weighted by Crippen LogP contribution is 2.33.